The first-order valence-corrected chi connectivity index (χ1v) is 6.93. The van der Waals surface area contributed by atoms with E-state index in [0.717, 1.165) is 6.42 Å². The topological polar surface area (TPSA) is 99.4 Å². The van der Waals surface area contributed by atoms with Gasteiger partial charge in [0, 0.05) is 6.54 Å². The second-order valence-electron chi connectivity index (χ2n) is 5.46. The third-order valence-corrected chi connectivity index (χ3v) is 4.21. The van der Waals surface area contributed by atoms with E-state index in [4.69, 9.17) is 4.42 Å². The molecule has 112 valence electrons. The Morgan fingerprint density at radius 3 is 3.10 bits per heavy atom. The summed E-state index contributed by atoms with van der Waals surface area (Å²) in [6.45, 7) is 4.12. The number of amides is 1. The SMILES string of the molecule is Cc1oc2nc[nH]c(=O)c2c1C(=O)N1CCC(C)C1CO. The van der Waals surface area contributed by atoms with Crippen LogP contribution in [0.1, 0.15) is 29.5 Å². The maximum atomic E-state index is 12.8. The molecule has 1 fully saturated rings. The second-order valence-corrected chi connectivity index (χ2v) is 5.46. The van der Waals surface area contributed by atoms with Gasteiger partial charge in [0.25, 0.3) is 11.5 Å². The average Bonchev–Trinajstić information content (AvgIpc) is 2.98. The van der Waals surface area contributed by atoms with E-state index in [-0.39, 0.29) is 41.1 Å². The molecule has 0 radical (unpaired) electrons. The monoisotopic (exact) mass is 291 g/mol. The molecule has 1 amide bonds. The van der Waals surface area contributed by atoms with Crippen LogP contribution in [0.4, 0.5) is 0 Å². The summed E-state index contributed by atoms with van der Waals surface area (Å²) in [7, 11) is 0. The third-order valence-electron chi connectivity index (χ3n) is 4.21. The number of rotatable bonds is 2. The van der Waals surface area contributed by atoms with Gasteiger partial charge in [0.15, 0.2) is 0 Å². The number of hydrogen-bond donors (Lipinski definition) is 2. The fourth-order valence-electron chi connectivity index (χ4n) is 2.99. The quantitative estimate of drug-likeness (QED) is 0.847. The first kappa shape index (κ1) is 13.8. The zero-order chi connectivity index (χ0) is 15.1. The molecule has 0 spiro atoms. The van der Waals surface area contributed by atoms with Crippen LogP contribution in [0.15, 0.2) is 15.5 Å². The molecule has 3 heterocycles. The van der Waals surface area contributed by atoms with Gasteiger partial charge in [0.2, 0.25) is 5.71 Å². The Morgan fingerprint density at radius 2 is 2.38 bits per heavy atom. The molecule has 2 aromatic heterocycles. The predicted octanol–water partition coefficient (Wildman–Crippen LogP) is 0.667. The Hall–Kier alpha value is -2.15. The van der Waals surface area contributed by atoms with E-state index < -0.39 is 5.56 Å². The fourth-order valence-corrected chi connectivity index (χ4v) is 2.99. The van der Waals surface area contributed by atoms with Crippen molar-refractivity contribution < 1.29 is 14.3 Å². The summed E-state index contributed by atoms with van der Waals surface area (Å²) in [5, 5.41) is 9.67. The van der Waals surface area contributed by atoms with Crippen LogP contribution < -0.4 is 5.56 Å². The number of aromatic nitrogens is 2. The average molecular weight is 291 g/mol. The molecule has 1 saturated heterocycles. The Bertz CT molecular complexity index is 748. The fraction of sp³-hybridized carbons (Fsp3) is 0.500. The van der Waals surface area contributed by atoms with Crippen molar-refractivity contribution in [2.75, 3.05) is 13.2 Å². The largest absolute Gasteiger partial charge is 0.442 e. The van der Waals surface area contributed by atoms with Crippen molar-refractivity contribution in [1.29, 1.82) is 0 Å². The van der Waals surface area contributed by atoms with Crippen LogP contribution in [0.3, 0.4) is 0 Å². The summed E-state index contributed by atoms with van der Waals surface area (Å²) in [5.41, 5.74) is 0.00675. The van der Waals surface area contributed by atoms with E-state index in [1.165, 1.54) is 6.33 Å². The highest BCUT2D eigenvalue weighted by Crippen LogP contribution is 2.29. The van der Waals surface area contributed by atoms with Crippen LogP contribution in [0, 0.1) is 12.8 Å². The highest BCUT2D eigenvalue weighted by atomic mass is 16.3. The number of nitrogens with one attached hydrogen (secondary N) is 1. The molecule has 2 atom stereocenters. The lowest BCUT2D eigenvalue weighted by Crippen LogP contribution is -2.40. The number of hydrogen-bond acceptors (Lipinski definition) is 5. The number of aryl methyl sites for hydroxylation is 1. The maximum Gasteiger partial charge on any atom is 0.262 e. The van der Waals surface area contributed by atoms with Crippen LogP contribution >= 0.6 is 0 Å². The number of likely N-dealkylation sites (tertiary alicyclic amines) is 1. The van der Waals surface area contributed by atoms with Crippen molar-refractivity contribution in [2.24, 2.45) is 5.92 Å². The lowest BCUT2D eigenvalue weighted by molar-refractivity contribution is 0.0648. The molecule has 0 aromatic carbocycles. The van der Waals surface area contributed by atoms with E-state index in [0.29, 0.717) is 12.3 Å². The molecule has 2 aromatic rings. The van der Waals surface area contributed by atoms with Gasteiger partial charge in [0.05, 0.1) is 24.5 Å². The summed E-state index contributed by atoms with van der Waals surface area (Å²) in [6.07, 6.45) is 2.08. The number of nitrogens with zero attached hydrogens (tertiary/aromatic N) is 2. The summed E-state index contributed by atoms with van der Waals surface area (Å²) < 4.78 is 5.42. The van der Waals surface area contributed by atoms with Gasteiger partial charge >= 0.3 is 0 Å². The molecule has 1 aliphatic rings. The molecular weight excluding hydrogens is 274 g/mol. The lowest BCUT2D eigenvalue weighted by Gasteiger charge is -2.25. The van der Waals surface area contributed by atoms with Gasteiger partial charge in [0.1, 0.15) is 11.1 Å². The smallest absolute Gasteiger partial charge is 0.262 e. The lowest BCUT2D eigenvalue weighted by atomic mass is 10.0. The van der Waals surface area contributed by atoms with Crippen LogP contribution in [0.25, 0.3) is 11.1 Å². The van der Waals surface area contributed by atoms with Gasteiger partial charge in [-0.2, -0.15) is 0 Å². The molecule has 7 nitrogen and oxygen atoms in total. The Morgan fingerprint density at radius 1 is 1.62 bits per heavy atom. The Labute approximate surface area is 120 Å². The highest BCUT2D eigenvalue weighted by molar-refractivity contribution is 6.06. The van der Waals surface area contributed by atoms with Crippen LogP contribution in [-0.2, 0) is 0 Å². The first-order chi connectivity index (χ1) is 10.0. The zero-order valence-electron chi connectivity index (χ0n) is 11.9. The molecule has 0 saturated carbocycles. The van der Waals surface area contributed by atoms with Crippen molar-refractivity contribution in [2.45, 2.75) is 26.3 Å². The minimum Gasteiger partial charge on any atom is -0.442 e. The van der Waals surface area contributed by atoms with Gasteiger partial charge < -0.3 is 19.4 Å². The molecule has 3 rings (SSSR count). The summed E-state index contributed by atoms with van der Waals surface area (Å²) in [5.74, 6) is 0.317. The number of aliphatic hydroxyl groups excluding tert-OH is 1. The summed E-state index contributed by atoms with van der Waals surface area (Å²) >= 11 is 0. The molecule has 2 unspecified atom stereocenters. The van der Waals surface area contributed by atoms with Crippen molar-refractivity contribution in [3.8, 4) is 0 Å². The van der Waals surface area contributed by atoms with Crippen LogP contribution in [-0.4, -0.2) is 45.1 Å². The minimum atomic E-state index is -0.395. The predicted molar refractivity (Wildman–Crippen MR) is 75.1 cm³/mol. The molecule has 0 bridgehead atoms. The van der Waals surface area contributed by atoms with Gasteiger partial charge in [-0.05, 0) is 19.3 Å². The molecule has 7 heteroatoms. The summed E-state index contributed by atoms with van der Waals surface area (Å²) in [4.78, 5) is 32.8. The van der Waals surface area contributed by atoms with Crippen LogP contribution in [0.5, 0.6) is 0 Å². The van der Waals surface area contributed by atoms with Crippen molar-refractivity contribution in [3.63, 3.8) is 0 Å². The van der Waals surface area contributed by atoms with E-state index in [1.54, 1.807) is 11.8 Å². The van der Waals surface area contributed by atoms with Crippen molar-refractivity contribution in [3.05, 3.63) is 28.0 Å². The van der Waals surface area contributed by atoms with E-state index in [1.807, 2.05) is 6.92 Å². The van der Waals surface area contributed by atoms with Crippen molar-refractivity contribution in [1.82, 2.24) is 14.9 Å². The standard InChI is InChI=1S/C14H17N3O4/c1-7-3-4-17(9(7)5-18)14(20)10-8(2)21-13-11(10)12(19)15-6-16-13/h6-7,9,18H,3-5H2,1-2H3,(H,15,16,19). The third kappa shape index (κ3) is 2.04. The normalized spacial score (nSPS) is 22.1. The number of furan rings is 1. The van der Waals surface area contributed by atoms with Gasteiger partial charge in [-0.3, -0.25) is 9.59 Å². The number of carbonyl (C=O) groups excluding carboxylic acids is 1. The molecular formula is C14H17N3O4. The molecule has 0 aliphatic carbocycles. The van der Waals surface area contributed by atoms with Crippen LogP contribution in [0.2, 0.25) is 0 Å². The number of H-pyrrole nitrogens is 1. The molecule has 21 heavy (non-hydrogen) atoms. The van der Waals surface area contributed by atoms with E-state index >= 15 is 0 Å². The Kier molecular flexibility index (Phi) is 3.29. The van der Waals surface area contributed by atoms with Gasteiger partial charge in [-0.15, -0.1) is 0 Å². The highest BCUT2D eigenvalue weighted by Gasteiger charge is 2.36. The molecule has 1 aliphatic heterocycles. The van der Waals surface area contributed by atoms with E-state index in [2.05, 4.69) is 9.97 Å². The first-order valence-electron chi connectivity index (χ1n) is 6.93. The van der Waals surface area contributed by atoms with Gasteiger partial charge in [-0.25, -0.2) is 4.98 Å². The van der Waals surface area contributed by atoms with E-state index in [9.17, 15) is 14.7 Å². The Balaban J connectivity index is 2.10. The number of aromatic amines is 1. The second kappa shape index (κ2) is 5.00. The molecule has 2 N–H and O–H groups in total. The number of aliphatic hydroxyl groups is 1. The van der Waals surface area contributed by atoms with Crippen molar-refractivity contribution >= 4 is 17.0 Å². The van der Waals surface area contributed by atoms with Gasteiger partial charge in [-0.1, -0.05) is 6.92 Å². The summed E-state index contributed by atoms with van der Waals surface area (Å²) in [6, 6.07) is -0.224. The zero-order valence-corrected chi connectivity index (χ0v) is 11.9. The minimum absolute atomic E-state index is 0.0870. The number of fused-ring (bicyclic) bond motifs is 1. The maximum absolute atomic E-state index is 12.8. The number of carbonyl (C=O) groups is 1.